The van der Waals surface area contributed by atoms with E-state index >= 15 is 0 Å². The van der Waals surface area contributed by atoms with Crippen molar-refractivity contribution < 1.29 is 8.42 Å². The molecule has 8 nitrogen and oxygen atoms in total. The zero-order valence-electron chi connectivity index (χ0n) is 15.5. The van der Waals surface area contributed by atoms with Gasteiger partial charge in [0, 0.05) is 26.2 Å². The Balaban J connectivity index is 1.67. The molecule has 1 aliphatic rings. The topological polar surface area (TPSA) is 84.2 Å². The van der Waals surface area contributed by atoms with Crippen LogP contribution in [0.3, 0.4) is 0 Å². The molecule has 26 heavy (non-hydrogen) atoms. The molecule has 0 aliphatic carbocycles. The minimum Gasteiger partial charge on any atom is -0.301 e. The first-order valence-electron chi connectivity index (χ1n) is 8.82. The van der Waals surface area contributed by atoms with E-state index in [0.29, 0.717) is 24.2 Å². The van der Waals surface area contributed by atoms with Crippen LogP contribution in [0.25, 0.3) is 5.69 Å². The average molecular weight is 379 g/mol. The molecule has 1 aromatic carbocycles. The Kier molecular flexibility index (Phi) is 5.40. The van der Waals surface area contributed by atoms with Gasteiger partial charge in [-0.05, 0) is 47.0 Å². The first-order valence-corrected chi connectivity index (χ1v) is 10.3. The summed E-state index contributed by atoms with van der Waals surface area (Å²) in [4.78, 5) is 2.61. The summed E-state index contributed by atoms with van der Waals surface area (Å²) in [5, 5.41) is 11.0. The molecule has 3 rings (SSSR count). The summed E-state index contributed by atoms with van der Waals surface area (Å²) < 4.78 is 29.0. The summed E-state index contributed by atoms with van der Waals surface area (Å²) in [7, 11) is -3.52. The highest BCUT2D eigenvalue weighted by Crippen LogP contribution is 2.22. The zero-order valence-corrected chi connectivity index (χ0v) is 16.4. The van der Waals surface area contributed by atoms with Gasteiger partial charge in [0.25, 0.3) is 0 Å². The fraction of sp³-hybridized carbons (Fsp3) is 0.588. The van der Waals surface area contributed by atoms with Crippen molar-refractivity contribution in [3.8, 4) is 5.69 Å². The smallest absolute Gasteiger partial charge is 0.243 e. The van der Waals surface area contributed by atoms with Crippen LogP contribution in [0.5, 0.6) is 0 Å². The Morgan fingerprint density at radius 3 is 2.46 bits per heavy atom. The van der Waals surface area contributed by atoms with Crippen LogP contribution in [-0.2, 0) is 10.0 Å². The Morgan fingerprint density at radius 1 is 1.12 bits per heavy atom. The minimum absolute atomic E-state index is 0.272. The quantitative estimate of drug-likeness (QED) is 0.782. The van der Waals surface area contributed by atoms with Crippen LogP contribution in [0, 0.1) is 5.41 Å². The highest BCUT2D eigenvalue weighted by Gasteiger charge is 2.29. The van der Waals surface area contributed by atoms with E-state index in [2.05, 4.69) is 41.2 Å². The molecule has 0 bridgehead atoms. The fourth-order valence-corrected chi connectivity index (χ4v) is 4.36. The van der Waals surface area contributed by atoms with E-state index in [4.69, 9.17) is 0 Å². The fourth-order valence-electron chi connectivity index (χ4n) is 2.90. The van der Waals surface area contributed by atoms with Crippen molar-refractivity contribution in [3.05, 3.63) is 30.6 Å². The monoisotopic (exact) mass is 378 g/mol. The molecule has 0 N–H and O–H groups in total. The third kappa shape index (κ3) is 4.46. The molecule has 0 unspecified atom stereocenters. The number of benzene rings is 1. The molecule has 1 saturated heterocycles. The molecule has 0 spiro atoms. The Hall–Kier alpha value is -1.84. The van der Waals surface area contributed by atoms with Crippen molar-refractivity contribution in [3.63, 3.8) is 0 Å². The first kappa shape index (κ1) is 18.9. The van der Waals surface area contributed by atoms with E-state index in [1.54, 1.807) is 28.6 Å². The lowest BCUT2D eigenvalue weighted by molar-refractivity contribution is 0.167. The maximum Gasteiger partial charge on any atom is 0.243 e. The van der Waals surface area contributed by atoms with Gasteiger partial charge in [-0.2, -0.15) is 4.31 Å². The van der Waals surface area contributed by atoms with Gasteiger partial charge in [0.05, 0.1) is 10.6 Å². The second kappa shape index (κ2) is 7.42. The molecule has 0 amide bonds. The highest BCUT2D eigenvalue weighted by molar-refractivity contribution is 7.89. The van der Waals surface area contributed by atoms with Crippen LogP contribution >= 0.6 is 0 Å². The Morgan fingerprint density at radius 2 is 1.85 bits per heavy atom. The predicted molar refractivity (Wildman–Crippen MR) is 98.4 cm³/mol. The van der Waals surface area contributed by atoms with E-state index in [1.807, 2.05) is 0 Å². The molecule has 2 heterocycles. The SMILES string of the molecule is CC(C)(C)CCN1CCN(S(=O)(=O)c2cccc(-n3cnnn3)c2)CC1. The number of sulfonamides is 1. The second-order valence-corrected chi connectivity index (χ2v) is 9.75. The number of aromatic nitrogens is 4. The van der Waals surface area contributed by atoms with E-state index in [9.17, 15) is 8.42 Å². The van der Waals surface area contributed by atoms with Crippen LogP contribution in [-0.4, -0.2) is 70.6 Å². The van der Waals surface area contributed by atoms with Crippen LogP contribution in [0.1, 0.15) is 27.2 Å². The standard InChI is InChI=1S/C17H26N6O2S/c1-17(2,3)7-8-21-9-11-22(12-10-21)26(24,25)16-6-4-5-15(13-16)23-14-18-19-20-23/h4-6,13-14H,7-12H2,1-3H3. The maximum atomic E-state index is 13.0. The lowest BCUT2D eigenvalue weighted by atomic mass is 9.92. The predicted octanol–water partition coefficient (Wildman–Crippen LogP) is 1.40. The van der Waals surface area contributed by atoms with Crippen molar-refractivity contribution >= 4 is 10.0 Å². The third-order valence-electron chi connectivity index (χ3n) is 4.58. The van der Waals surface area contributed by atoms with Crippen LogP contribution < -0.4 is 0 Å². The van der Waals surface area contributed by atoms with Crippen LogP contribution in [0.4, 0.5) is 0 Å². The Bertz CT molecular complexity index is 821. The van der Waals surface area contributed by atoms with Gasteiger partial charge < -0.3 is 4.90 Å². The van der Waals surface area contributed by atoms with Crippen molar-refractivity contribution in [2.75, 3.05) is 32.7 Å². The van der Waals surface area contributed by atoms with Crippen LogP contribution in [0.15, 0.2) is 35.5 Å². The second-order valence-electron chi connectivity index (χ2n) is 7.81. The summed E-state index contributed by atoms with van der Waals surface area (Å²) in [5.41, 5.74) is 0.916. The number of rotatable bonds is 5. The molecule has 1 aromatic heterocycles. The van der Waals surface area contributed by atoms with Gasteiger partial charge in [0.1, 0.15) is 6.33 Å². The number of tetrazole rings is 1. The van der Waals surface area contributed by atoms with Crippen molar-refractivity contribution in [2.24, 2.45) is 5.41 Å². The van der Waals surface area contributed by atoms with Gasteiger partial charge in [0.15, 0.2) is 0 Å². The summed E-state index contributed by atoms with van der Waals surface area (Å²) >= 11 is 0. The van der Waals surface area contributed by atoms with Gasteiger partial charge in [0.2, 0.25) is 10.0 Å². The highest BCUT2D eigenvalue weighted by atomic mass is 32.2. The summed E-state index contributed by atoms with van der Waals surface area (Å²) in [6.07, 6.45) is 2.55. The maximum absolute atomic E-state index is 13.0. The van der Waals surface area contributed by atoms with Gasteiger partial charge in [-0.25, -0.2) is 13.1 Å². The zero-order chi connectivity index (χ0) is 18.8. The molecule has 9 heteroatoms. The normalized spacial score (nSPS) is 17.5. The summed E-state index contributed by atoms with van der Waals surface area (Å²) in [6, 6.07) is 6.72. The van der Waals surface area contributed by atoms with E-state index < -0.39 is 10.0 Å². The number of nitrogens with zero attached hydrogens (tertiary/aromatic N) is 6. The van der Waals surface area contributed by atoms with E-state index in [-0.39, 0.29) is 4.90 Å². The van der Waals surface area contributed by atoms with Gasteiger partial charge in [-0.15, -0.1) is 5.10 Å². The van der Waals surface area contributed by atoms with Crippen molar-refractivity contribution in [2.45, 2.75) is 32.1 Å². The van der Waals surface area contributed by atoms with Gasteiger partial charge in [-0.3, -0.25) is 0 Å². The lowest BCUT2D eigenvalue weighted by Crippen LogP contribution is -2.49. The number of hydrogen-bond donors (Lipinski definition) is 0. The number of piperazine rings is 1. The molecular weight excluding hydrogens is 352 g/mol. The molecular formula is C17H26N6O2S. The van der Waals surface area contributed by atoms with E-state index in [1.165, 1.54) is 11.0 Å². The molecule has 0 radical (unpaired) electrons. The minimum atomic E-state index is -3.52. The third-order valence-corrected chi connectivity index (χ3v) is 6.47. The largest absolute Gasteiger partial charge is 0.301 e. The average Bonchev–Trinajstić information content (AvgIpc) is 3.14. The molecule has 0 atom stereocenters. The Labute approximate surface area is 154 Å². The molecule has 1 aliphatic heterocycles. The summed E-state index contributed by atoms with van der Waals surface area (Å²) in [5.74, 6) is 0. The van der Waals surface area contributed by atoms with Crippen LogP contribution in [0.2, 0.25) is 0 Å². The van der Waals surface area contributed by atoms with E-state index in [0.717, 1.165) is 26.1 Å². The summed E-state index contributed by atoms with van der Waals surface area (Å²) in [6.45, 7) is 10.3. The van der Waals surface area contributed by atoms with Crippen molar-refractivity contribution in [1.29, 1.82) is 0 Å². The molecule has 142 valence electrons. The lowest BCUT2D eigenvalue weighted by Gasteiger charge is -2.35. The number of hydrogen-bond acceptors (Lipinski definition) is 6. The molecule has 1 fully saturated rings. The first-order chi connectivity index (χ1) is 12.3. The molecule has 2 aromatic rings. The van der Waals surface area contributed by atoms with Crippen molar-refractivity contribution in [1.82, 2.24) is 29.4 Å². The van der Waals surface area contributed by atoms with Gasteiger partial charge >= 0.3 is 0 Å². The molecule has 0 saturated carbocycles. The van der Waals surface area contributed by atoms with Gasteiger partial charge in [-0.1, -0.05) is 26.8 Å².